The van der Waals surface area contributed by atoms with Gasteiger partial charge in [0.15, 0.2) is 9.84 Å². The van der Waals surface area contributed by atoms with Crippen LogP contribution in [0.1, 0.15) is 24.5 Å². The summed E-state index contributed by atoms with van der Waals surface area (Å²) in [6.07, 6.45) is 0.437. The van der Waals surface area contributed by atoms with Crippen molar-refractivity contribution in [3.8, 4) is 0 Å². The smallest absolute Gasteiger partial charge is 0.239 e. The molecule has 1 saturated heterocycles. The summed E-state index contributed by atoms with van der Waals surface area (Å²) in [5, 5.41) is 2.70. The zero-order valence-corrected chi connectivity index (χ0v) is 14.2. The van der Waals surface area contributed by atoms with Crippen molar-refractivity contribution in [2.45, 2.75) is 32.9 Å². The van der Waals surface area contributed by atoms with Crippen molar-refractivity contribution in [2.24, 2.45) is 0 Å². The highest BCUT2D eigenvalue weighted by Crippen LogP contribution is 2.11. The van der Waals surface area contributed by atoms with Gasteiger partial charge in [0.1, 0.15) is 0 Å². The Balaban J connectivity index is 1.92. The minimum absolute atomic E-state index is 0.0171. The van der Waals surface area contributed by atoms with Gasteiger partial charge in [-0.1, -0.05) is 29.8 Å². The number of nitrogens with one attached hydrogen (secondary N) is 1. The molecule has 0 bridgehead atoms. The maximum atomic E-state index is 12.1. The fourth-order valence-electron chi connectivity index (χ4n) is 2.55. The number of hydrogen-bond donors (Lipinski definition) is 1. The molecule has 2 rings (SSSR count). The summed E-state index contributed by atoms with van der Waals surface area (Å²) in [7, 11) is -3.03. The molecule has 23 heavy (non-hydrogen) atoms. The number of benzene rings is 1. The van der Waals surface area contributed by atoms with Gasteiger partial charge in [-0.3, -0.25) is 9.59 Å². The quantitative estimate of drug-likeness (QED) is 0.854. The second-order valence-corrected chi connectivity index (χ2v) is 8.26. The first-order chi connectivity index (χ1) is 10.7. The van der Waals surface area contributed by atoms with Crippen molar-refractivity contribution in [1.29, 1.82) is 0 Å². The van der Waals surface area contributed by atoms with E-state index in [2.05, 4.69) is 5.32 Å². The highest BCUT2D eigenvalue weighted by molar-refractivity contribution is 7.91. The Morgan fingerprint density at radius 1 is 1.26 bits per heavy atom. The van der Waals surface area contributed by atoms with E-state index in [-0.39, 0.29) is 35.9 Å². The van der Waals surface area contributed by atoms with E-state index in [0.717, 1.165) is 11.1 Å². The van der Waals surface area contributed by atoms with Crippen molar-refractivity contribution >= 4 is 21.7 Å². The van der Waals surface area contributed by atoms with Crippen LogP contribution in [0.4, 0.5) is 0 Å². The number of carbonyl (C=O) groups is 2. The van der Waals surface area contributed by atoms with E-state index in [9.17, 15) is 18.0 Å². The van der Waals surface area contributed by atoms with Gasteiger partial charge in [-0.15, -0.1) is 0 Å². The monoisotopic (exact) mass is 338 g/mol. The normalized spacial score (nSPS) is 19.3. The second-order valence-electron chi connectivity index (χ2n) is 6.03. The van der Waals surface area contributed by atoms with Gasteiger partial charge in [-0.25, -0.2) is 8.42 Å². The number of nitrogens with zero attached hydrogens (tertiary/aromatic N) is 1. The van der Waals surface area contributed by atoms with Crippen molar-refractivity contribution in [3.63, 3.8) is 0 Å². The molecule has 0 aliphatic carbocycles. The summed E-state index contributed by atoms with van der Waals surface area (Å²) in [6, 6.07) is 7.41. The summed E-state index contributed by atoms with van der Waals surface area (Å²) in [6.45, 7) is 3.68. The second kappa shape index (κ2) is 7.12. The fourth-order valence-corrected chi connectivity index (χ4v) is 4.22. The molecule has 7 heteroatoms. The molecular weight excluding hydrogens is 316 g/mol. The lowest BCUT2D eigenvalue weighted by Gasteiger charge is -2.22. The Kier molecular flexibility index (Phi) is 5.41. The number of hydrogen-bond acceptors (Lipinski definition) is 4. The molecule has 1 unspecified atom stereocenters. The van der Waals surface area contributed by atoms with Crippen molar-refractivity contribution in [3.05, 3.63) is 35.4 Å². The summed E-state index contributed by atoms with van der Waals surface area (Å²) in [5.74, 6) is -0.428. The molecular formula is C16H22N2O4S. The SMILES string of the molecule is CC(=O)N(CC(=O)NC1CCS(=O)(=O)C1)Cc1ccc(C)cc1. The van der Waals surface area contributed by atoms with Crippen molar-refractivity contribution in [1.82, 2.24) is 10.2 Å². The molecule has 1 aliphatic rings. The van der Waals surface area contributed by atoms with E-state index >= 15 is 0 Å². The number of aryl methyl sites for hydroxylation is 1. The van der Waals surface area contributed by atoms with Gasteiger partial charge in [0, 0.05) is 19.5 Å². The van der Waals surface area contributed by atoms with Crippen LogP contribution in [-0.2, 0) is 26.0 Å². The average Bonchev–Trinajstić information content (AvgIpc) is 2.79. The Bertz CT molecular complexity index is 683. The third kappa shape index (κ3) is 5.35. The number of rotatable bonds is 5. The van der Waals surface area contributed by atoms with Crippen LogP contribution in [0.3, 0.4) is 0 Å². The van der Waals surface area contributed by atoms with Gasteiger partial charge in [0.25, 0.3) is 0 Å². The highest BCUT2D eigenvalue weighted by atomic mass is 32.2. The van der Waals surface area contributed by atoms with Crippen LogP contribution < -0.4 is 5.32 Å². The summed E-state index contributed by atoms with van der Waals surface area (Å²) in [5.41, 5.74) is 2.07. The maximum absolute atomic E-state index is 12.1. The molecule has 1 aliphatic heterocycles. The van der Waals surface area contributed by atoms with Crippen LogP contribution in [0, 0.1) is 6.92 Å². The molecule has 1 fully saturated rings. The first-order valence-corrected chi connectivity index (χ1v) is 9.38. The minimum Gasteiger partial charge on any atom is -0.351 e. The molecule has 6 nitrogen and oxygen atoms in total. The van der Waals surface area contributed by atoms with Gasteiger partial charge in [0.2, 0.25) is 11.8 Å². The third-order valence-electron chi connectivity index (χ3n) is 3.87. The van der Waals surface area contributed by atoms with E-state index in [4.69, 9.17) is 0 Å². The zero-order valence-electron chi connectivity index (χ0n) is 13.4. The van der Waals surface area contributed by atoms with Gasteiger partial charge >= 0.3 is 0 Å². The van der Waals surface area contributed by atoms with Crippen LogP contribution in [0.25, 0.3) is 0 Å². The minimum atomic E-state index is -3.03. The Morgan fingerprint density at radius 3 is 2.43 bits per heavy atom. The van der Waals surface area contributed by atoms with Crippen molar-refractivity contribution < 1.29 is 18.0 Å². The first kappa shape index (κ1) is 17.5. The number of carbonyl (C=O) groups excluding carboxylic acids is 2. The van der Waals surface area contributed by atoms with E-state index < -0.39 is 9.84 Å². The first-order valence-electron chi connectivity index (χ1n) is 7.56. The van der Waals surface area contributed by atoms with E-state index in [1.165, 1.54) is 11.8 Å². The van der Waals surface area contributed by atoms with E-state index in [0.29, 0.717) is 13.0 Å². The molecule has 0 spiro atoms. The number of sulfone groups is 1. The van der Waals surface area contributed by atoms with Crippen LogP contribution >= 0.6 is 0 Å². The molecule has 1 heterocycles. The number of amides is 2. The lowest BCUT2D eigenvalue weighted by Crippen LogP contribution is -2.43. The molecule has 0 saturated carbocycles. The Labute approximate surface area is 136 Å². The molecule has 0 aromatic heterocycles. The predicted molar refractivity (Wildman–Crippen MR) is 87.5 cm³/mol. The molecule has 2 amide bonds. The zero-order chi connectivity index (χ0) is 17.0. The van der Waals surface area contributed by atoms with Crippen LogP contribution in [0.5, 0.6) is 0 Å². The molecule has 0 radical (unpaired) electrons. The largest absolute Gasteiger partial charge is 0.351 e. The fraction of sp³-hybridized carbons (Fsp3) is 0.500. The maximum Gasteiger partial charge on any atom is 0.239 e. The molecule has 1 aromatic rings. The van der Waals surface area contributed by atoms with Crippen LogP contribution in [-0.4, -0.2) is 49.2 Å². The van der Waals surface area contributed by atoms with Gasteiger partial charge in [-0.2, -0.15) is 0 Å². The molecule has 126 valence electrons. The predicted octanol–water partition coefficient (Wildman–Crippen LogP) is 0.647. The third-order valence-corrected chi connectivity index (χ3v) is 5.64. The lowest BCUT2D eigenvalue weighted by atomic mass is 10.1. The van der Waals surface area contributed by atoms with Gasteiger partial charge < -0.3 is 10.2 Å². The van der Waals surface area contributed by atoms with Crippen LogP contribution in [0.15, 0.2) is 24.3 Å². The molecule has 1 atom stereocenters. The van der Waals surface area contributed by atoms with Gasteiger partial charge in [-0.05, 0) is 18.9 Å². The van der Waals surface area contributed by atoms with E-state index in [1.807, 2.05) is 31.2 Å². The standard InChI is InChI=1S/C16H22N2O4S/c1-12-3-5-14(6-4-12)9-18(13(2)19)10-16(20)17-15-7-8-23(21,22)11-15/h3-6,15H,7-11H2,1-2H3,(H,17,20). The summed E-state index contributed by atoms with van der Waals surface area (Å²) < 4.78 is 22.8. The Morgan fingerprint density at radius 2 is 1.91 bits per heavy atom. The summed E-state index contributed by atoms with van der Waals surface area (Å²) in [4.78, 5) is 25.3. The van der Waals surface area contributed by atoms with E-state index in [1.54, 1.807) is 0 Å². The summed E-state index contributed by atoms with van der Waals surface area (Å²) >= 11 is 0. The van der Waals surface area contributed by atoms with Crippen molar-refractivity contribution in [2.75, 3.05) is 18.1 Å². The molecule has 1 aromatic carbocycles. The highest BCUT2D eigenvalue weighted by Gasteiger charge is 2.29. The van der Waals surface area contributed by atoms with Gasteiger partial charge in [0.05, 0.1) is 18.1 Å². The molecule has 1 N–H and O–H groups in total. The lowest BCUT2D eigenvalue weighted by molar-refractivity contribution is -0.135. The Hall–Kier alpha value is -1.89. The van der Waals surface area contributed by atoms with Crippen LogP contribution in [0.2, 0.25) is 0 Å². The average molecular weight is 338 g/mol. The topological polar surface area (TPSA) is 83.6 Å².